The van der Waals surface area contributed by atoms with Crippen molar-refractivity contribution in [3.8, 4) is 0 Å². The number of thiophene rings is 1. The Morgan fingerprint density at radius 2 is 2.42 bits per heavy atom. The average molecular weight is 189 g/mol. The molecule has 0 atom stereocenters. The van der Waals surface area contributed by atoms with Gasteiger partial charge >= 0.3 is 0 Å². The normalized spacial score (nSPS) is 10.5. The Morgan fingerprint density at radius 3 is 3.00 bits per heavy atom. The molecule has 0 aromatic carbocycles. The summed E-state index contributed by atoms with van der Waals surface area (Å²) in [5.74, 6) is 0. The van der Waals surface area contributed by atoms with Crippen LogP contribution in [0.2, 0.25) is 0 Å². The van der Waals surface area contributed by atoms with E-state index in [9.17, 15) is 4.39 Å². The van der Waals surface area contributed by atoms with Crippen LogP contribution in [0.4, 0.5) is 4.39 Å². The number of ether oxygens (including phenoxy) is 1. The van der Waals surface area contributed by atoms with Crippen molar-refractivity contribution in [2.75, 3.05) is 20.3 Å². The summed E-state index contributed by atoms with van der Waals surface area (Å²) in [6.45, 7) is 2.21. The summed E-state index contributed by atoms with van der Waals surface area (Å²) in [5.41, 5.74) is 0. The monoisotopic (exact) mass is 189 g/mol. The van der Waals surface area contributed by atoms with Crippen LogP contribution in [0, 0.1) is 5.13 Å². The maximum Gasteiger partial charge on any atom is 0.176 e. The molecule has 1 aromatic heterocycles. The van der Waals surface area contributed by atoms with Crippen LogP contribution in [0.25, 0.3) is 0 Å². The molecule has 68 valence electrons. The number of hydrogen-bond acceptors (Lipinski definition) is 3. The van der Waals surface area contributed by atoms with Crippen molar-refractivity contribution >= 4 is 11.3 Å². The van der Waals surface area contributed by atoms with E-state index in [2.05, 4.69) is 5.32 Å². The van der Waals surface area contributed by atoms with Gasteiger partial charge in [-0.05, 0) is 12.1 Å². The van der Waals surface area contributed by atoms with E-state index in [4.69, 9.17) is 4.74 Å². The number of hydrogen-bond donors (Lipinski definition) is 1. The van der Waals surface area contributed by atoms with E-state index in [0.29, 0.717) is 6.61 Å². The molecule has 12 heavy (non-hydrogen) atoms. The summed E-state index contributed by atoms with van der Waals surface area (Å²) in [7, 11) is 1.66. The third-order valence-corrected chi connectivity index (χ3v) is 2.28. The van der Waals surface area contributed by atoms with Crippen molar-refractivity contribution < 1.29 is 9.13 Å². The first-order chi connectivity index (χ1) is 5.83. The molecular weight excluding hydrogens is 177 g/mol. The molecule has 1 N–H and O–H groups in total. The lowest BCUT2D eigenvalue weighted by atomic mass is 10.4. The molecule has 1 heterocycles. The minimum absolute atomic E-state index is 0.126. The van der Waals surface area contributed by atoms with Gasteiger partial charge in [0.25, 0.3) is 0 Å². The second-order valence-corrected chi connectivity index (χ2v) is 3.49. The summed E-state index contributed by atoms with van der Waals surface area (Å²) < 4.78 is 17.3. The van der Waals surface area contributed by atoms with Crippen molar-refractivity contribution in [1.29, 1.82) is 0 Å². The minimum atomic E-state index is -0.126. The highest BCUT2D eigenvalue weighted by molar-refractivity contribution is 7.10. The summed E-state index contributed by atoms with van der Waals surface area (Å²) in [6.07, 6.45) is 0. The van der Waals surface area contributed by atoms with E-state index in [1.54, 1.807) is 13.2 Å². The third-order valence-electron chi connectivity index (χ3n) is 1.41. The van der Waals surface area contributed by atoms with E-state index >= 15 is 0 Å². The molecule has 0 saturated heterocycles. The van der Waals surface area contributed by atoms with Crippen LogP contribution in [-0.2, 0) is 11.3 Å². The van der Waals surface area contributed by atoms with Gasteiger partial charge in [-0.2, -0.15) is 4.39 Å². The maximum absolute atomic E-state index is 12.5. The Morgan fingerprint density at radius 1 is 1.58 bits per heavy atom. The topological polar surface area (TPSA) is 21.3 Å². The summed E-state index contributed by atoms with van der Waals surface area (Å²) in [6, 6.07) is 3.28. The van der Waals surface area contributed by atoms with Crippen molar-refractivity contribution in [3.63, 3.8) is 0 Å². The fraction of sp³-hybridized carbons (Fsp3) is 0.500. The lowest BCUT2D eigenvalue weighted by molar-refractivity contribution is 0.199. The molecule has 0 amide bonds. The van der Waals surface area contributed by atoms with Crippen molar-refractivity contribution in [3.05, 3.63) is 22.1 Å². The predicted octanol–water partition coefficient (Wildman–Crippen LogP) is 1.62. The zero-order valence-corrected chi connectivity index (χ0v) is 7.79. The maximum atomic E-state index is 12.5. The van der Waals surface area contributed by atoms with Gasteiger partial charge in [-0.1, -0.05) is 0 Å². The van der Waals surface area contributed by atoms with Crippen LogP contribution < -0.4 is 5.32 Å². The van der Waals surface area contributed by atoms with Gasteiger partial charge in [0, 0.05) is 25.1 Å². The summed E-state index contributed by atoms with van der Waals surface area (Å²) in [4.78, 5) is 1.02. The van der Waals surface area contributed by atoms with Gasteiger partial charge in [-0.25, -0.2) is 0 Å². The molecule has 1 aromatic rings. The minimum Gasteiger partial charge on any atom is -0.383 e. The van der Waals surface area contributed by atoms with E-state index in [1.807, 2.05) is 0 Å². The molecule has 0 bridgehead atoms. The molecule has 0 saturated carbocycles. The Balaban J connectivity index is 2.15. The predicted molar refractivity (Wildman–Crippen MR) is 47.9 cm³/mol. The molecule has 0 aliphatic carbocycles. The molecule has 0 spiro atoms. The second kappa shape index (κ2) is 5.24. The van der Waals surface area contributed by atoms with E-state index in [-0.39, 0.29) is 5.13 Å². The van der Waals surface area contributed by atoms with Gasteiger partial charge in [0.2, 0.25) is 0 Å². The molecule has 2 nitrogen and oxygen atoms in total. The third kappa shape index (κ3) is 3.30. The molecule has 1 rings (SSSR count). The first-order valence-electron chi connectivity index (χ1n) is 3.77. The number of rotatable bonds is 5. The van der Waals surface area contributed by atoms with Crippen LogP contribution >= 0.6 is 11.3 Å². The molecule has 4 heteroatoms. The number of nitrogens with one attached hydrogen (secondary N) is 1. The van der Waals surface area contributed by atoms with E-state index < -0.39 is 0 Å². The highest BCUT2D eigenvalue weighted by Gasteiger charge is 1.97. The smallest absolute Gasteiger partial charge is 0.176 e. The average Bonchev–Trinajstić information content (AvgIpc) is 2.45. The Kier molecular flexibility index (Phi) is 4.21. The van der Waals surface area contributed by atoms with Crippen LogP contribution in [0.15, 0.2) is 12.1 Å². The van der Waals surface area contributed by atoms with Gasteiger partial charge in [-0.15, -0.1) is 11.3 Å². The standard InChI is InChI=1S/C8H12FNOS/c1-11-5-4-10-6-7-2-3-8(9)12-7/h2-3,10H,4-6H2,1H3. The van der Waals surface area contributed by atoms with Crippen LogP contribution in [0.5, 0.6) is 0 Å². The second-order valence-electron chi connectivity index (χ2n) is 2.38. The zero-order valence-electron chi connectivity index (χ0n) is 6.97. The zero-order chi connectivity index (χ0) is 8.81. The van der Waals surface area contributed by atoms with Crippen molar-refractivity contribution in [1.82, 2.24) is 5.32 Å². The lowest BCUT2D eigenvalue weighted by Gasteiger charge is -2.00. The van der Waals surface area contributed by atoms with Crippen LogP contribution in [0.3, 0.4) is 0 Å². The molecule has 0 radical (unpaired) electrons. The molecule has 0 fully saturated rings. The number of methoxy groups -OCH3 is 1. The highest BCUT2D eigenvalue weighted by atomic mass is 32.1. The Labute approximate surface area is 75.4 Å². The molecule has 0 aliphatic heterocycles. The van der Waals surface area contributed by atoms with Crippen molar-refractivity contribution in [2.24, 2.45) is 0 Å². The first-order valence-corrected chi connectivity index (χ1v) is 4.58. The van der Waals surface area contributed by atoms with Gasteiger partial charge in [0.1, 0.15) is 0 Å². The molecule has 0 unspecified atom stereocenters. The van der Waals surface area contributed by atoms with E-state index in [1.165, 1.54) is 17.4 Å². The molecular formula is C8H12FNOS. The fourth-order valence-electron chi connectivity index (χ4n) is 0.833. The van der Waals surface area contributed by atoms with Gasteiger partial charge < -0.3 is 10.1 Å². The van der Waals surface area contributed by atoms with Gasteiger partial charge in [0.05, 0.1) is 6.61 Å². The van der Waals surface area contributed by atoms with E-state index in [0.717, 1.165) is 18.0 Å². The van der Waals surface area contributed by atoms with Gasteiger partial charge in [0.15, 0.2) is 5.13 Å². The summed E-state index contributed by atoms with van der Waals surface area (Å²) >= 11 is 1.18. The fourth-order valence-corrected chi connectivity index (χ4v) is 1.53. The van der Waals surface area contributed by atoms with Crippen molar-refractivity contribution in [2.45, 2.75) is 6.54 Å². The van der Waals surface area contributed by atoms with Crippen LogP contribution in [0.1, 0.15) is 4.88 Å². The Bertz CT molecular complexity index is 227. The highest BCUT2D eigenvalue weighted by Crippen LogP contribution is 2.13. The quantitative estimate of drug-likeness (QED) is 0.711. The van der Waals surface area contributed by atoms with Gasteiger partial charge in [-0.3, -0.25) is 0 Å². The Hall–Kier alpha value is -0.450. The summed E-state index contributed by atoms with van der Waals surface area (Å²) in [5, 5.41) is 3.01. The molecule has 0 aliphatic rings. The van der Waals surface area contributed by atoms with Crippen LogP contribution in [-0.4, -0.2) is 20.3 Å². The first kappa shape index (κ1) is 9.64. The lowest BCUT2D eigenvalue weighted by Crippen LogP contribution is -2.17. The largest absolute Gasteiger partial charge is 0.383 e. The SMILES string of the molecule is COCCNCc1ccc(F)s1. The number of halogens is 1.